The van der Waals surface area contributed by atoms with Crippen molar-refractivity contribution in [1.29, 1.82) is 0 Å². The molecule has 0 amide bonds. The van der Waals surface area contributed by atoms with Crippen LogP contribution in [0.25, 0.3) is 11.3 Å². The van der Waals surface area contributed by atoms with E-state index in [-0.39, 0.29) is 5.75 Å². The highest BCUT2D eigenvalue weighted by Crippen LogP contribution is 2.41. The fourth-order valence-electron chi connectivity index (χ4n) is 3.20. The van der Waals surface area contributed by atoms with Gasteiger partial charge in [-0.3, -0.25) is 4.98 Å². The van der Waals surface area contributed by atoms with Gasteiger partial charge in [0.25, 0.3) is 0 Å². The van der Waals surface area contributed by atoms with Gasteiger partial charge in [-0.1, -0.05) is 15.9 Å². The predicted octanol–water partition coefficient (Wildman–Crippen LogP) is 5.22. The second kappa shape index (κ2) is 10.5. The normalized spacial score (nSPS) is 11.7. The number of phenolic OH excluding ortho intramolecular Hbond substituents is 1. The lowest BCUT2D eigenvalue weighted by Gasteiger charge is -2.14. The summed E-state index contributed by atoms with van der Waals surface area (Å²) in [7, 11) is 4.70. The molecule has 0 saturated carbocycles. The summed E-state index contributed by atoms with van der Waals surface area (Å²) in [4.78, 5) is 9.45. The molecule has 2 aromatic heterocycles. The topological polar surface area (TPSA) is 90.5 Å². The Bertz CT molecular complexity index is 1370. The molecule has 0 aliphatic heterocycles. The monoisotopic (exact) mass is 540 g/mol. The standard InChI is InChI=1S/C24H21BrN4O4S/c1-31-21-10-15(11-22(32-2)23(21)33-3)19-14-34-24(28-18-5-4-8-26-13-18)29(19)27-12-16-9-17(25)6-7-20(16)30/h4-14,30H,1-3H3. The third kappa shape index (κ3) is 4.97. The number of phenols is 1. The summed E-state index contributed by atoms with van der Waals surface area (Å²) in [5, 5.41) is 16.8. The number of hydrogen-bond acceptors (Lipinski definition) is 8. The number of aromatic hydroxyl groups is 1. The van der Waals surface area contributed by atoms with Crippen LogP contribution in [0.2, 0.25) is 0 Å². The van der Waals surface area contributed by atoms with E-state index < -0.39 is 0 Å². The first-order valence-electron chi connectivity index (χ1n) is 10.0. The quantitative estimate of drug-likeness (QED) is 0.324. The third-order valence-electron chi connectivity index (χ3n) is 4.82. The molecule has 34 heavy (non-hydrogen) atoms. The molecule has 0 fully saturated rings. The number of methoxy groups -OCH3 is 3. The van der Waals surface area contributed by atoms with Gasteiger partial charge in [0.2, 0.25) is 10.6 Å². The van der Waals surface area contributed by atoms with Gasteiger partial charge in [-0.2, -0.15) is 5.10 Å². The van der Waals surface area contributed by atoms with Gasteiger partial charge in [0.05, 0.1) is 45.1 Å². The van der Waals surface area contributed by atoms with Crippen LogP contribution in [-0.4, -0.2) is 42.3 Å². The molecular formula is C24H21BrN4O4S. The van der Waals surface area contributed by atoms with Crippen molar-refractivity contribution >= 4 is 39.2 Å². The average molecular weight is 541 g/mol. The lowest BCUT2D eigenvalue weighted by molar-refractivity contribution is 0.324. The Labute approximate surface area is 208 Å². The largest absolute Gasteiger partial charge is 0.507 e. The van der Waals surface area contributed by atoms with Crippen LogP contribution in [0.4, 0.5) is 5.69 Å². The Balaban J connectivity index is 1.92. The number of aromatic nitrogens is 2. The maximum Gasteiger partial charge on any atom is 0.211 e. The van der Waals surface area contributed by atoms with Gasteiger partial charge < -0.3 is 19.3 Å². The smallest absolute Gasteiger partial charge is 0.211 e. The van der Waals surface area contributed by atoms with Crippen molar-refractivity contribution in [2.45, 2.75) is 0 Å². The molecule has 0 saturated heterocycles. The molecule has 0 unspecified atom stereocenters. The summed E-state index contributed by atoms with van der Waals surface area (Å²) >= 11 is 4.84. The minimum Gasteiger partial charge on any atom is -0.507 e. The van der Waals surface area contributed by atoms with Crippen LogP contribution >= 0.6 is 27.3 Å². The number of benzene rings is 2. The summed E-state index contributed by atoms with van der Waals surface area (Å²) in [6, 6.07) is 12.5. The summed E-state index contributed by atoms with van der Waals surface area (Å²) in [6.07, 6.45) is 4.95. The van der Waals surface area contributed by atoms with E-state index in [1.807, 2.05) is 29.6 Å². The van der Waals surface area contributed by atoms with Gasteiger partial charge in [-0.05, 0) is 42.5 Å². The molecule has 2 aromatic carbocycles. The van der Waals surface area contributed by atoms with E-state index in [9.17, 15) is 5.11 Å². The number of halogens is 1. The van der Waals surface area contributed by atoms with Crippen LogP contribution in [0.15, 0.2) is 74.8 Å². The number of thiazole rings is 1. The fraction of sp³-hybridized carbons (Fsp3) is 0.125. The minimum absolute atomic E-state index is 0.114. The van der Waals surface area contributed by atoms with E-state index in [2.05, 4.69) is 26.0 Å². The van der Waals surface area contributed by atoms with E-state index in [4.69, 9.17) is 19.2 Å². The number of nitrogens with zero attached hydrogens (tertiary/aromatic N) is 4. The van der Waals surface area contributed by atoms with Gasteiger partial charge in [-0.25, -0.2) is 9.67 Å². The van der Waals surface area contributed by atoms with Crippen LogP contribution in [0, 0.1) is 0 Å². The Kier molecular flexibility index (Phi) is 7.29. The number of rotatable bonds is 7. The first-order valence-corrected chi connectivity index (χ1v) is 11.7. The molecular weight excluding hydrogens is 520 g/mol. The van der Waals surface area contributed by atoms with Gasteiger partial charge in [0.15, 0.2) is 11.5 Å². The lowest BCUT2D eigenvalue weighted by Crippen LogP contribution is -2.11. The van der Waals surface area contributed by atoms with Gasteiger partial charge in [-0.15, -0.1) is 11.3 Å². The molecule has 0 radical (unpaired) electrons. The molecule has 174 valence electrons. The molecule has 0 aliphatic rings. The zero-order valence-corrected chi connectivity index (χ0v) is 21.0. The van der Waals surface area contributed by atoms with Crippen molar-refractivity contribution in [2.24, 2.45) is 10.1 Å². The molecule has 0 spiro atoms. The van der Waals surface area contributed by atoms with E-state index in [0.717, 1.165) is 15.7 Å². The molecule has 4 aromatic rings. The maximum atomic E-state index is 10.3. The minimum atomic E-state index is 0.114. The van der Waals surface area contributed by atoms with Crippen molar-refractivity contribution in [3.05, 3.63) is 75.1 Å². The Morgan fingerprint density at radius 2 is 1.82 bits per heavy atom. The predicted molar refractivity (Wildman–Crippen MR) is 136 cm³/mol. The molecule has 0 aliphatic carbocycles. The van der Waals surface area contributed by atoms with E-state index in [0.29, 0.717) is 33.3 Å². The second-order valence-electron chi connectivity index (χ2n) is 6.90. The summed E-state index contributed by atoms with van der Waals surface area (Å²) < 4.78 is 19.0. The SMILES string of the molecule is COc1cc(-c2csc(=Nc3cccnc3)n2N=Cc2cc(Br)ccc2O)cc(OC)c1OC. The zero-order valence-electron chi connectivity index (χ0n) is 18.6. The fourth-order valence-corrected chi connectivity index (χ4v) is 4.43. The highest BCUT2D eigenvalue weighted by atomic mass is 79.9. The van der Waals surface area contributed by atoms with Gasteiger partial charge in [0.1, 0.15) is 5.75 Å². The summed E-state index contributed by atoms with van der Waals surface area (Å²) in [5.41, 5.74) is 2.78. The molecule has 8 nitrogen and oxygen atoms in total. The highest BCUT2D eigenvalue weighted by Gasteiger charge is 2.17. The second-order valence-corrected chi connectivity index (χ2v) is 8.65. The van der Waals surface area contributed by atoms with Crippen LogP contribution < -0.4 is 19.0 Å². The van der Waals surface area contributed by atoms with Crippen molar-refractivity contribution in [3.63, 3.8) is 0 Å². The van der Waals surface area contributed by atoms with E-state index in [1.165, 1.54) is 11.3 Å². The molecule has 0 atom stereocenters. The van der Waals surface area contributed by atoms with Crippen molar-refractivity contribution in [3.8, 4) is 34.3 Å². The summed E-state index contributed by atoms with van der Waals surface area (Å²) in [5.74, 6) is 1.66. The number of hydrogen-bond donors (Lipinski definition) is 1. The van der Waals surface area contributed by atoms with Crippen molar-refractivity contribution in [1.82, 2.24) is 9.66 Å². The van der Waals surface area contributed by atoms with Crippen molar-refractivity contribution in [2.75, 3.05) is 21.3 Å². The Morgan fingerprint density at radius 3 is 2.47 bits per heavy atom. The lowest BCUT2D eigenvalue weighted by atomic mass is 10.1. The molecule has 10 heteroatoms. The number of ether oxygens (including phenoxy) is 3. The van der Waals surface area contributed by atoms with Gasteiger partial charge >= 0.3 is 0 Å². The van der Waals surface area contributed by atoms with Gasteiger partial charge in [0, 0.05) is 27.2 Å². The average Bonchev–Trinajstić information content (AvgIpc) is 3.26. The maximum absolute atomic E-state index is 10.3. The molecule has 4 rings (SSSR count). The Morgan fingerprint density at radius 1 is 1.06 bits per heavy atom. The van der Waals surface area contributed by atoms with Crippen LogP contribution in [-0.2, 0) is 0 Å². The summed E-state index contributed by atoms with van der Waals surface area (Å²) in [6.45, 7) is 0. The third-order valence-corrected chi connectivity index (χ3v) is 6.13. The highest BCUT2D eigenvalue weighted by molar-refractivity contribution is 9.10. The first kappa shape index (κ1) is 23.5. The van der Waals surface area contributed by atoms with E-state index in [1.54, 1.807) is 62.8 Å². The van der Waals surface area contributed by atoms with Crippen LogP contribution in [0.3, 0.4) is 0 Å². The Hall–Kier alpha value is -3.63. The zero-order chi connectivity index (χ0) is 24.1. The first-order chi connectivity index (χ1) is 16.5. The van der Waals surface area contributed by atoms with Crippen LogP contribution in [0.5, 0.6) is 23.0 Å². The number of pyridine rings is 1. The molecule has 2 heterocycles. The van der Waals surface area contributed by atoms with E-state index >= 15 is 0 Å². The molecule has 1 N–H and O–H groups in total. The molecule has 0 bridgehead atoms. The van der Waals surface area contributed by atoms with Crippen molar-refractivity contribution < 1.29 is 19.3 Å². The van der Waals surface area contributed by atoms with Crippen LogP contribution in [0.1, 0.15) is 5.56 Å².